The van der Waals surface area contributed by atoms with Gasteiger partial charge in [-0.1, -0.05) is 18.2 Å². The number of ether oxygens (including phenoxy) is 1. The van der Waals surface area contributed by atoms with E-state index in [1.807, 2.05) is 50.1 Å². The molecule has 4 heteroatoms. The van der Waals surface area contributed by atoms with Gasteiger partial charge in [0.25, 0.3) is 0 Å². The summed E-state index contributed by atoms with van der Waals surface area (Å²) in [7, 11) is 1.94. The van der Waals surface area contributed by atoms with Crippen molar-refractivity contribution in [1.29, 1.82) is 0 Å². The highest BCUT2D eigenvalue weighted by Gasteiger charge is 2.17. The smallest absolute Gasteiger partial charge is 0.237 e. The van der Waals surface area contributed by atoms with Crippen LogP contribution >= 0.6 is 0 Å². The molecule has 4 nitrogen and oxygen atoms in total. The normalized spacial score (nSPS) is 12.0. The molecule has 110 valence electrons. The van der Waals surface area contributed by atoms with E-state index in [1.165, 1.54) is 0 Å². The van der Waals surface area contributed by atoms with Crippen LogP contribution < -0.4 is 10.1 Å². The number of benzene rings is 1. The van der Waals surface area contributed by atoms with Crippen LogP contribution in [0, 0.1) is 0 Å². The van der Waals surface area contributed by atoms with Crippen molar-refractivity contribution in [2.75, 3.05) is 20.2 Å². The average molecular weight is 276 g/mol. The molecule has 1 rings (SSSR count). The molecule has 1 N–H and O–H groups in total. The lowest BCUT2D eigenvalue weighted by atomic mass is 10.2. The lowest BCUT2D eigenvalue weighted by molar-refractivity contribution is -0.125. The molecular formula is C16H24N2O2. The Hall–Kier alpha value is -1.81. The lowest BCUT2D eigenvalue weighted by Crippen LogP contribution is -2.42. The molecule has 0 spiro atoms. The van der Waals surface area contributed by atoms with E-state index in [1.54, 1.807) is 6.08 Å². The first-order chi connectivity index (χ1) is 9.58. The third-order valence-corrected chi connectivity index (χ3v) is 3.13. The Morgan fingerprint density at radius 2 is 2.10 bits per heavy atom. The quantitative estimate of drug-likeness (QED) is 0.740. The van der Waals surface area contributed by atoms with Gasteiger partial charge in [0.2, 0.25) is 5.91 Å². The molecule has 0 bridgehead atoms. The zero-order valence-corrected chi connectivity index (χ0v) is 12.6. The number of carbonyl (C=O) groups excluding carboxylic acids is 1. The summed E-state index contributed by atoms with van der Waals surface area (Å²) in [5.74, 6) is 0.883. The molecule has 1 aromatic carbocycles. The molecule has 1 atom stereocenters. The van der Waals surface area contributed by atoms with Crippen molar-refractivity contribution in [2.24, 2.45) is 0 Å². The molecular weight excluding hydrogens is 252 g/mol. The Labute approximate surface area is 121 Å². The van der Waals surface area contributed by atoms with Crippen LogP contribution in [0.5, 0.6) is 5.75 Å². The van der Waals surface area contributed by atoms with Crippen LogP contribution in [0.3, 0.4) is 0 Å². The van der Waals surface area contributed by atoms with E-state index >= 15 is 0 Å². The maximum atomic E-state index is 11.9. The first-order valence-electron chi connectivity index (χ1n) is 6.89. The number of nitrogens with zero attached hydrogens (tertiary/aromatic N) is 1. The fourth-order valence-corrected chi connectivity index (χ4v) is 1.80. The second-order valence-electron chi connectivity index (χ2n) is 4.70. The van der Waals surface area contributed by atoms with E-state index in [0.29, 0.717) is 13.2 Å². The SMILES string of the molecule is C=CCNC(=O)C(C)N(C)Cc1ccc(OCC)cc1. The van der Waals surface area contributed by atoms with E-state index in [2.05, 4.69) is 11.9 Å². The van der Waals surface area contributed by atoms with Crippen LogP contribution in [0.15, 0.2) is 36.9 Å². The van der Waals surface area contributed by atoms with Gasteiger partial charge in [0.05, 0.1) is 12.6 Å². The highest BCUT2D eigenvalue weighted by atomic mass is 16.5. The largest absolute Gasteiger partial charge is 0.494 e. The number of likely N-dealkylation sites (N-methyl/N-ethyl adjacent to an activating group) is 1. The fraction of sp³-hybridized carbons (Fsp3) is 0.438. The first kappa shape index (κ1) is 16.2. The number of hydrogen-bond acceptors (Lipinski definition) is 3. The van der Waals surface area contributed by atoms with Gasteiger partial charge < -0.3 is 10.1 Å². The summed E-state index contributed by atoms with van der Waals surface area (Å²) in [6, 6.07) is 7.78. The number of carbonyl (C=O) groups is 1. The third kappa shape index (κ3) is 5.05. The summed E-state index contributed by atoms with van der Waals surface area (Å²) in [6.45, 7) is 9.33. The zero-order valence-electron chi connectivity index (χ0n) is 12.6. The Kier molecular flexibility index (Phi) is 6.81. The van der Waals surface area contributed by atoms with Crippen molar-refractivity contribution < 1.29 is 9.53 Å². The van der Waals surface area contributed by atoms with E-state index in [4.69, 9.17) is 4.74 Å². The van der Waals surface area contributed by atoms with Gasteiger partial charge in [-0.25, -0.2) is 0 Å². The van der Waals surface area contributed by atoms with E-state index in [9.17, 15) is 4.79 Å². The molecule has 0 fully saturated rings. The van der Waals surface area contributed by atoms with E-state index < -0.39 is 0 Å². The summed E-state index contributed by atoms with van der Waals surface area (Å²) >= 11 is 0. The Balaban J connectivity index is 2.53. The lowest BCUT2D eigenvalue weighted by Gasteiger charge is -2.23. The maximum absolute atomic E-state index is 11.9. The van der Waals surface area contributed by atoms with Crippen LogP contribution in [0.25, 0.3) is 0 Å². The monoisotopic (exact) mass is 276 g/mol. The van der Waals surface area contributed by atoms with Gasteiger partial charge in [-0.15, -0.1) is 6.58 Å². The van der Waals surface area contributed by atoms with Gasteiger partial charge in [-0.3, -0.25) is 9.69 Å². The topological polar surface area (TPSA) is 41.6 Å². The summed E-state index contributed by atoms with van der Waals surface area (Å²) in [5, 5.41) is 2.81. The van der Waals surface area contributed by atoms with Crippen LogP contribution in [0.1, 0.15) is 19.4 Å². The average Bonchev–Trinajstić information content (AvgIpc) is 2.46. The van der Waals surface area contributed by atoms with E-state index in [-0.39, 0.29) is 11.9 Å². The number of amides is 1. The maximum Gasteiger partial charge on any atom is 0.237 e. The van der Waals surface area contributed by atoms with E-state index in [0.717, 1.165) is 17.9 Å². The zero-order chi connectivity index (χ0) is 15.0. The first-order valence-corrected chi connectivity index (χ1v) is 6.89. The molecule has 1 aromatic rings. The van der Waals surface area contributed by atoms with Crippen molar-refractivity contribution in [3.63, 3.8) is 0 Å². The van der Waals surface area contributed by atoms with Crippen molar-refractivity contribution in [3.05, 3.63) is 42.5 Å². The van der Waals surface area contributed by atoms with Crippen molar-refractivity contribution in [1.82, 2.24) is 10.2 Å². The molecule has 0 heterocycles. The Morgan fingerprint density at radius 3 is 2.65 bits per heavy atom. The molecule has 0 aromatic heterocycles. The van der Waals surface area contributed by atoms with Crippen LogP contribution in [-0.2, 0) is 11.3 Å². The summed E-state index contributed by atoms with van der Waals surface area (Å²) in [4.78, 5) is 13.9. The predicted molar refractivity (Wildman–Crippen MR) is 81.7 cm³/mol. The molecule has 0 radical (unpaired) electrons. The van der Waals surface area contributed by atoms with Crippen molar-refractivity contribution in [3.8, 4) is 5.75 Å². The van der Waals surface area contributed by atoms with Gasteiger partial charge >= 0.3 is 0 Å². The second kappa shape index (κ2) is 8.38. The highest BCUT2D eigenvalue weighted by molar-refractivity contribution is 5.81. The third-order valence-electron chi connectivity index (χ3n) is 3.13. The fourth-order valence-electron chi connectivity index (χ4n) is 1.80. The standard InChI is InChI=1S/C16H24N2O2/c1-5-11-17-16(19)13(3)18(4)12-14-7-9-15(10-8-14)20-6-2/h5,7-10,13H,1,6,11-12H2,2-4H3,(H,17,19). The Morgan fingerprint density at radius 1 is 1.45 bits per heavy atom. The minimum Gasteiger partial charge on any atom is -0.494 e. The van der Waals surface area contributed by atoms with Gasteiger partial charge in [0, 0.05) is 13.1 Å². The second-order valence-corrected chi connectivity index (χ2v) is 4.70. The number of nitrogens with one attached hydrogen (secondary N) is 1. The van der Waals surface area contributed by atoms with Crippen LogP contribution in [0.2, 0.25) is 0 Å². The molecule has 0 aliphatic rings. The molecule has 1 amide bonds. The number of rotatable bonds is 8. The molecule has 20 heavy (non-hydrogen) atoms. The van der Waals surface area contributed by atoms with Gasteiger partial charge in [0.15, 0.2) is 0 Å². The minimum absolute atomic E-state index is 0.0123. The molecule has 0 saturated carbocycles. The molecule has 0 aliphatic carbocycles. The van der Waals surface area contributed by atoms with Gasteiger partial charge in [-0.2, -0.15) is 0 Å². The summed E-state index contributed by atoms with van der Waals surface area (Å²) < 4.78 is 5.41. The van der Waals surface area contributed by atoms with Gasteiger partial charge in [0.1, 0.15) is 5.75 Å². The Bertz CT molecular complexity index is 429. The highest BCUT2D eigenvalue weighted by Crippen LogP contribution is 2.14. The minimum atomic E-state index is -0.179. The molecule has 1 unspecified atom stereocenters. The molecule has 0 saturated heterocycles. The van der Waals surface area contributed by atoms with Crippen molar-refractivity contribution in [2.45, 2.75) is 26.4 Å². The summed E-state index contributed by atoms with van der Waals surface area (Å²) in [6.07, 6.45) is 1.68. The van der Waals surface area contributed by atoms with Crippen molar-refractivity contribution >= 4 is 5.91 Å². The van der Waals surface area contributed by atoms with Crippen LogP contribution in [0.4, 0.5) is 0 Å². The predicted octanol–water partition coefficient (Wildman–Crippen LogP) is 2.21. The number of hydrogen-bond donors (Lipinski definition) is 1. The van der Waals surface area contributed by atoms with Crippen LogP contribution in [-0.4, -0.2) is 37.0 Å². The summed E-state index contributed by atoms with van der Waals surface area (Å²) in [5.41, 5.74) is 1.15. The van der Waals surface area contributed by atoms with Gasteiger partial charge in [-0.05, 0) is 38.6 Å². The molecule has 0 aliphatic heterocycles.